The van der Waals surface area contributed by atoms with Crippen LogP contribution in [0.2, 0.25) is 0 Å². The van der Waals surface area contributed by atoms with Crippen molar-refractivity contribution in [3.63, 3.8) is 0 Å². The Morgan fingerprint density at radius 2 is 1.87 bits per heavy atom. The van der Waals surface area contributed by atoms with Crippen molar-refractivity contribution in [3.05, 3.63) is 77.5 Å². The van der Waals surface area contributed by atoms with E-state index in [4.69, 9.17) is 9.15 Å². The summed E-state index contributed by atoms with van der Waals surface area (Å²) in [5, 5.41) is 10.6. The Balaban J connectivity index is 1.51. The molecule has 1 aromatic heterocycles. The molecule has 31 heavy (non-hydrogen) atoms. The topological polar surface area (TPSA) is 83.2 Å². The summed E-state index contributed by atoms with van der Waals surface area (Å²) < 4.78 is 10.9. The maximum absolute atomic E-state index is 13.0. The number of allylic oxidation sites excluding steroid dienone is 1. The Morgan fingerprint density at radius 3 is 2.58 bits per heavy atom. The number of aliphatic hydroxyl groups is 1. The molecule has 2 aromatic rings. The van der Waals surface area contributed by atoms with Gasteiger partial charge in [0, 0.05) is 26.2 Å². The zero-order valence-electron chi connectivity index (χ0n) is 17.3. The third-order valence-electron chi connectivity index (χ3n) is 5.59. The van der Waals surface area contributed by atoms with Crippen molar-refractivity contribution in [2.24, 2.45) is 0 Å². The number of hydrogen-bond donors (Lipinski definition) is 1. The van der Waals surface area contributed by atoms with Gasteiger partial charge in [0.2, 0.25) is 0 Å². The summed E-state index contributed by atoms with van der Waals surface area (Å²) in [6.45, 7) is 4.39. The number of nitrogens with zero attached hydrogens (tertiary/aromatic N) is 2. The molecule has 1 amide bonds. The number of carbonyl (C=O) groups is 2. The van der Waals surface area contributed by atoms with Gasteiger partial charge in [0.25, 0.3) is 5.91 Å². The molecular weight excluding hydrogens is 396 g/mol. The molecule has 3 heterocycles. The first kappa shape index (κ1) is 21.1. The van der Waals surface area contributed by atoms with Gasteiger partial charge in [-0.2, -0.15) is 0 Å². The molecule has 1 atom stereocenters. The molecule has 0 saturated carbocycles. The highest BCUT2D eigenvalue weighted by molar-refractivity contribution is 6.14. The minimum absolute atomic E-state index is 0.0542. The monoisotopic (exact) mass is 422 g/mol. The number of morpholine rings is 1. The third kappa shape index (κ3) is 4.78. The van der Waals surface area contributed by atoms with Crippen molar-refractivity contribution < 1.29 is 23.8 Å². The molecule has 7 heteroatoms. The highest BCUT2D eigenvalue weighted by Gasteiger charge is 2.44. The molecule has 162 valence electrons. The molecule has 1 aromatic carbocycles. The first-order valence-corrected chi connectivity index (χ1v) is 10.5. The van der Waals surface area contributed by atoms with Crippen molar-refractivity contribution >= 4 is 17.8 Å². The van der Waals surface area contributed by atoms with Crippen LogP contribution in [0, 0.1) is 0 Å². The van der Waals surface area contributed by atoms with Crippen LogP contribution >= 0.6 is 0 Å². The van der Waals surface area contributed by atoms with E-state index in [0.29, 0.717) is 25.5 Å². The number of ketones is 1. The van der Waals surface area contributed by atoms with E-state index in [1.165, 1.54) is 17.2 Å². The van der Waals surface area contributed by atoms with Gasteiger partial charge in [0.15, 0.2) is 11.5 Å². The fourth-order valence-electron chi connectivity index (χ4n) is 3.99. The van der Waals surface area contributed by atoms with Crippen LogP contribution in [0.4, 0.5) is 0 Å². The minimum atomic E-state index is -0.736. The second-order valence-electron chi connectivity index (χ2n) is 7.59. The Kier molecular flexibility index (Phi) is 6.64. The van der Waals surface area contributed by atoms with Crippen molar-refractivity contribution in [1.29, 1.82) is 0 Å². The second kappa shape index (κ2) is 9.76. The maximum Gasteiger partial charge on any atom is 0.290 e. The van der Waals surface area contributed by atoms with Gasteiger partial charge < -0.3 is 19.2 Å². The zero-order valence-corrected chi connectivity index (χ0v) is 17.3. The Hall–Kier alpha value is -3.16. The summed E-state index contributed by atoms with van der Waals surface area (Å²) in [6.07, 6.45) is 5.29. The molecule has 1 N–H and O–H groups in total. The van der Waals surface area contributed by atoms with E-state index in [9.17, 15) is 14.7 Å². The van der Waals surface area contributed by atoms with Gasteiger partial charge in [-0.05, 0) is 30.2 Å². The lowest BCUT2D eigenvalue weighted by Gasteiger charge is -2.29. The lowest BCUT2D eigenvalue weighted by molar-refractivity contribution is -0.129. The van der Waals surface area contributed by atoms with Gasteiger partial charge in [0.05, 0.1) is 25.1 Å². The lowest BCUT2D eigenvalue weighted by atomic mass is 10.00. The number of furan rings is 1. The minimum Gasteiger partial charge on any atom is -0.503 e. The molecule has 0 aliphatic carbocycles. The first-order valence-electron chi connectivity index (χ1n) is 10.5. The van der Waals surface area contributed by atoms with Crippen LogP contribution in [0.5, 0.6) is 0 Å². The zero-order chi connectivity index (χ0) is 21.6. The lowest BCUT2D eigenvalue weighted by Crippen LogP contribution is -2.39. The van der Waals surface area contributed by atoms with Gasteiger partial charge in [-0.15, -0.1) is 0 Å². The highest BCUT2D eigenvalue weighted by atomic mass is 16.5. The highest BCUT2D eigenvalue weighted by Crippen LogP contribution is 2.38. The van der Waals surface area contributed by atoms with Crippen molar-refractivity contribution in [2.75, 3.05) is 39.4 Å². The van der Waals surface area contributed by atoms with Crippen molar-refractivity contribution in [3.8, 4) is 0 Å². The van der Waals surface area contributed by atoms with E-state index in [-0.39, 0.29) is 5.57 Å². The number of rotatable bonds is 8. The van der Waals surface area contributed by atoms with E-state index < -0.39 is 23.5 Å². The number of amides is 1. The fraction of sp³-hybridized carbons (Fsp3) is 0.333. The van der Waals surface area contributed by atoms with Gasteiger partial charge in [-0.25, -0.2) is 0 Å². The number of hydrogen-bond acceptors (Lipinski definition) is 6. The molecule has 2 aliphatic rings. The average Bonchev–Trinajstić information content (AvgIpc) is 3.41. The van der Waals surface area contributed by atoms with Gasteiger partial charge in [0.1, 0.15) is 11.8 Å². The standard InChI is InChI=1S/C24H26N2O5/c27-19(10-9-18-6-2-1-3-7-18)21-22(20-8-4-15-31-20)26(24(29)23(21)28)12-5-11-25-13-16-30-17-14-25/h1-4,6-10,15,22,28H,5,11-14,16-17H2/b10-9+. The van der Waals surface area contributed by atoms with Crippen LogP contribution in [-0.2, 0) is 14.3 Å². The normalized spacial score (nSPS) is 20.2. The fourth-order valence-corrected chi connectivity index (χ4v) is 3.99. The maximum atomic E-state index is 13.0. The van der Waals surface area contributed by atoms with Crippen LogP contribution < -0.4 is 0 Å². The molecular formula is C24H26N2O5. The SMILES string of the molecule is O=C(/C=C/c1ccccc1)C1=C(O)C(=O)N(CCCN2CCOCC2)C1c1ccco1. The summed E-state index contributed by atoms with van der Waals surface area (Å²) in [7, 11) is 0. The summed E-state index contributed by atoms with van der Waals surface area (Å²) in [6, 6.07) is 12.1. The van der Waals surface area contributed by atoms with Gasteiger partial charge in [-0.3, -0.25) is 14.5 Å². The molecule has 1 fully saturated rings. The number of benzene rings is 1. The molecule has 0 bridgehead atoms. The molecule has 2 aliphatic heterocycles. The van der Waals surface area contributed by atoms with E-state index in [2.05, 4.69) is 4.90 Å². The molecule has 1 saturated heterocycles. The molecule has 0 radical (unpaired) electrons. The quantitative estimate of drug-likeness (QED) is 0.659. The van der Waals surface area contributed by atoms with Gasteiger partial charge >= 0.3 is 0 Å². The Morgan fingerprint density at radius 1 is 1.10 bits per heavy atom. The predicted octanol–water partition coefficient (Wildman–Crippen LogP) is 2.98. The summed E-state index contributed by atoms with van der Waals surface area (Å²) in [4.78, 5) is 29.7. The van der Waals surface area contributed by atoms with Crippen LogP contribution in [0.15, 0.2) is 70.6 Å². The Labute approximate surface area is 181 Å². The van der Waals surface area contributed by atoms with E-state index in [1.54, 1.807) is 18.2 Å². The van der Waals surface area contributed by atoms with E-state index >= 15 is 0 Å². The molecule has 4 rings (SSSR count). The molecule has 1 unspecified atom stereocenters. The summed E-state index contributed by atoms with van der Waals surface area (Å²) in [5.41, 5.74) is 0.913. The third-order valence-corrected chi connectivity index (χ3v) is 5.59. The molecule has 7 nitrogen and oxygen atoms in total. The Bertz CT molecular complexity index is 959. The van der Waals surface area contributed by atoms with Crippen LogP contribution in [0.1, 0.15) is 23.8 Å². The van der Waals surface area contributed by atoms with Crippen LogP contribution in [-0.4, -0.2) is 66.0 Å². The van der Waals surface area contributed by atoms with Crippen LogP contribution in [0.25, 0.3) is 6.08 Å². The largest absolute Gasteiger partial charge is 0.503 e. The van der Waals surface area contributed by atoms with Gasteiger partial charge in [-0.1, -0.05) is 36.4 Å². The van der Waals surface area contributed by atoms with Crippen LogP contribution in [0.3, 0.4) is 0 Å². The second-order valence-corrected chi connectivity index (χ2v) is 7.59. The predicted molar refractivity (Wildman–Crippen MR) is 115 cm³/mol. The number of aliphatic hydroxyl groups excluding tert-OH is 1. The molecule has 0 spiro atoms. The van der Waals surface area contributed by atoms with Crippen molar-refractivity contribution in [1.82, 2.24) is 9.80 Å². The first-order chi connectivity index (χ1) is 15.1. The van der Waals surface area contributed by atoms with E-state index in [0.717, 1.165) is 31.6 Å². The van der Waals surface area contributed by atoms with E-state index in [1.807, 2.05) is 30.3 Å². The summed E-state index contributed by atoms with van der Waals surface area (Å²) >= 11 is 0. The summed E-state index contributed by atoms with van der Waals surface area (Å²) in [5.74, 6) is -0.998. The van der Waals surface area contributed by atoms with Crippen molar-refractivity contribution in [2.45, 2.75) is 12.5 Å². The average molecular weight is 422 g/mol. The number of ether oxygens (including phenoxy) is 1. The number of carbonyl (C=O) groups excluding carboxylic acids is 2. The smallest absolute Gasteiger partial charge is 0.290 e.